The Morgan fingerprint density at radius 1 is 1.14 bits per heavy atom. The van der Waals surface area contributed by atoms with E-state index < -0.39 is 28.9 Å². The van der Waals surface area contributed by atoms with Crippen molar-refractivity contribution in [2.24, 2.45) is 0 Å². The van der Waals surface area contributed by atoms with Crippen LogP contribution in [-0.2, 0) is 19.1 Å². The maximum absolute atomic E-state index is 13.8. The molecule has 0 bridgehead atoms. The van der Waals surface area contributed by atoms with E-state index in [-0.39, 0.29) is 24.7 Å². The maximum Gasteiger partial charge on any atom is 0.270 e. The highest BCUT2D eigenvalue weighted by Crippen LogP contribution is 2.33. The third kappa shape index (κ3) is 7.69. The van der Waals surface area contributed by atoms with Crippen molar-refractivity contribution in [3.8, 4) is 5.88 Å². The fourth-order valence-corrected chi connectivity index (χ4v) is 5.20. The highest BCUT2D eigenvalue weighted by Gasteiger charge is 2.47. The van der Waals surface area contributed by atoms with Gasteiger partial charge in [0, 0.05) is 25.2 Å². The Morgan fingerprint density at radius 2 is 1.76 bits per heavy atom. The van der Waals surface area contributed by atoms with Crippen LogP contribution in [0.3, 0.4) is 0 Å². The van der Waals surface area contributed by atoms with Crippen LogP contribution in [-0.4, -0.2) is 98.7 Å². The van der Waals surface area contributed by atoms with Crippen molar-refractivity contribution in [2.45, 2.75) is 104 Å². The molecule has 1 aliphatic rings. The summed E-state index contributed by atoms with van der Waals surface area (Å²) < 4.78 is 26.0. The molecule has 0 radical (unpaired) electrons. The topological polar surface area (TPSA) is 114 Å². The second kappa shape index (κ2) is 12.9. The Labute approximate surface area is 226 Å². The molecule has 1 aliphatic heterocycles. The lowest BCUT2D eigenvalue weighted by atomic mass is 9.83. The fraction of sp³-hybridized carbons (Fsp3) is 0.846. The number of aromatic nitrogens is 2. The maximum atomic E-state index is 13.8. The van der Waals surface area contributed by atoms with Crippen molar-refractivity contribution in [1.29, 1.82) is 0 Å². The summed E-state index contributed by atoms with van der Waals surface area (Å²) in [5.74, 6) is 0.822. The number of carbonyl (C=O) groups excluding carboxylic acids is 2. The molecule has 1 N–H and O–H groups in total. The zero-order chi connectivity index (χ0) is 28.0. The summed E-state index contributed by atoms with van der Waals surface area (Å²) in [5, 5.41) is 11.0. The minimum atomic E-state index is -1.02. The molecular weight excluding hydrogens is 496 g/mol. The van der Waals surface area contributed by atoms with E-state index in [0.717, 1.165) is 11.7 Å². The third-order valence-electron chi connectivity index (χ3n) is 7.41. The molecule has 0 amide bonds. The Balaban J connectivity index is 2.16. The van der Waals surface area contributed by atoms with Gasteiger partial charge in [0.1, 0.15) is 24.4 Å². The van der Waals surface area contributed by atoms with Gasteiger partial charge in [0.05, 0.1) is 30.5 Å². The molecule has 0 aliphatic carbocycles. The highest BCUT2D eigenvalue weighted by atomic mass is 32.1. The molecular formula is C26H46N4O6S. The van der Waals surface area contributed by atoms with Crippen molar-refractivity contribution in [2.75, 3.05) is 44.4 Å². The van der Waals surface area contributed by atoms with Crippen molar-refractivity contribution in [3.63, 3.8) is 0 Å². The van der Waals surface area contributed by atoms with Gasteiger partial charge in [-0.1, -0.05) is 13.8 Å². The Hall–Kier alpha value is -1.66. The van der Waals surface area contributed by atoms with Crippen LogP contribution in [0.1, 0.15) is 75.2 Å². The predicted molar refractivity (Wildman–Crippen MR) is 145 cm³/mol. The van der Waals surface area contributed by atoms with Gasteiger partial charge in [-0.2, -0.15) is 4.37 Å². The van der Waals surface area contributed by atoms with Crippen LogP contribution in [0.4, 0.5) is 5.82 Å². The quantitative estimate of drug-likeness (QED) is 0.376. The molecule has 212 valence electrons. The lowest BCUT2D eigenvalue weighted by Gasteiger charge is -2.49. The van der Waals surface area contributed by atoms with E-state index in [1.807, 2.05) is 46.4 Å². The second-order valence-electron chi connectivity index (χ2n) is 11.1. The SMILES string of the molecule is CCC(C)(OC(C)C(=O)C(C)(CC)N(C[C@H](O)COc1nsnc1N1CCOCC1)C(C)(C)C)C(C)=O. The Bertz CT molecular complexity index is 900. The summed E-state index contributed by atoms with van der Waals surface area (Å²) in [6, 6.07) is 0. The van der Waals surface area contributed by atoms with Gasteiger partial charge in [-0.15, -0.1) is 4.37 Å². The summed E-state index contributed by atoms with van der Waals surface area (Å²) in [6.45, 7) is 19.5. The Morgan fingerprint density at radius 3 is 2.27 bits per heavy atom. The number of nitrogens with zero attached hydrogens (tertiary/aromatic N) is 4. The summed E-state index contributed by atoms with van der Waals surface area (Å²) >= 11 is 1.07. The zero-order valence-electron chi connectivity index (χ0n) is 24.0. The number of anilines is 1. The minimum Gasteiger partial charge on any atom is -0.472 e. The summed E-state index contributed by atoms with van der Waals surface area (Å²) in [5.41, 5.74) is -2.41. The first kappa shape index (κ1) is 31.6. The number of rotatable bonds is 14. The van der Waals surface area contributed by atoms with E-state index >= 15 is 0 Å². The largest absolute Gasteiger partial charge is 0.472 e. The molecule has 1 aromatic heterocycles. The van der Waals surface area contributed by atoms with E-state index in [1.54, 1.807) is 13.8 Å². The highest BCUT2D eigenvalue weighted by molar-refractivity contribution is 6.99. The van der Waals surface area contributed by atoms with Crippen LogP contribution in [0.15, 0.2) is 0 Å². The van der Waals surface area contributed by atoms with E-state index in [4.69, 9.17) is 14.2 Å². The molecule has 3 unspecified atom stereocenters. The van der Waals surface area contributed by atoms with Crippen LogP contribution >= 0.6 is 11.7 Å². The molecule has 2 rings (SSSR count). The first-order valence-electron chi connectivity index (χ1n) is 13.2. The number of aliphatic hydroxyl groups is 1. The molecule has 11 heteroatoms. The molecule has 1 saturated heterocycles. The van der Waals surface area contributed by atoms with Gasteiger partial charge in [-0.05, 0) is 61.3 Å². The molecule has 1 aromatic rings. The second-order valence-corrected chi connectivity index (χ2v) is 11.7. The number of aliphatic hydroxyl groups excluding tert-OH is 1. The van der Waals surface area contributed by atoms with Gasteiger partial charge < -0.3 is 24.2 Å². The zero-order valence-corrected chi connectivity index (χ0v) is 24.8. The molecule has 10 nitrogen and oxygen atoms in total. The average Bonchev–Trinajstić information content (AvgIpc) is 3.33. The van der Waals surface area contributed by atoms with Crippen molar-refractivity contribution in [1.82, 2.24) is 13.6 Å². The van der Waals surface area contributed by atoms with Crippen molar-refractivity contribution in [3.05, 3.63) is 0 Å². The summed E-state index contributed by atoms with van der Waals surface area (Å²) in [4.78, 5) is 30.1. The van der Waals surface area contributed by atoms with Crippen LogP contribution in [0.5, 0.6) is 5.88 Å². The van der Waals surface area contributed by atoms with E-state index in [2.05, 4.69) is 13.6 Å². The number of ether oxygens (including phenoxy) is 3. The molecule has 0 aromatic carbocycles. The predicted octanol–water partition coefficient (Wildman–Crippen LogP) is 3.12. The minimum absolute atomic E-state index is 0.00755. The van der Waals surface area contributed by atoms with Crippen LogP contribution in [0.2, 0.25) is 0 Å². The normalized spacial score (nSPS) is 19.7. The summed E-state index contributed by atoms with van der Waals surface area (Å²) in [6.07, 6.45) is -0.703. The number of Topliss-reactive ketones (excluding diaryl/α,β-unsaturated/α-hetero) is 2. The number of morpholine rings is 1. The number of carbonyl (C=O) groups is 2. The smallest absolute Gasteiger partial charge is 0.270 e. The summed E-state index contributed by atoms with van der Waals surface area (Å²) in [7, 11) is 0. The van der Waals surface area contributed by atoms with Crippen LogP contribution in [0, 0.1) is 0 Å². The first-order valence-corrected chi connectivity index (χ1v) is 13.9. The molecule has 0 saturated carbocycles. The number of ketones is 2. The standard InChI is InChI=1S/C26H46N4O6S/c1-10-25(8,21(33)18(3)36-26(9,11-2)19(4)31)30(24(5,6)7)16-20(32)17-35-23-22(27-37-28-23)29-12-14-34-15-13-29/h18,20,32H,10-17H2,1-9H3/t18?,20-,25?,26?/m0/s1. The monoisotopic (exact) mass is 542 g/mol. The molecule has 1 fully saturated rings. The number of hydrogen-bond donors (Lipinski definition) is 1. The van der Waals surface area contributed by atoms with Gasteiger partial charge >= 0.3 is 0 Å². The fourth-order valence-electron chi connectivity index (χ4n) is 4.68. The lowest BCUT2D eigenvalue weighted by Crippen LogP contribution is -2.64. The number of hydrogen-bond acceptors (Lipinski definition) is 11. The molecule has 0 spiro atoms. The molecule has 4 atom stereocenters. The van der Waals surface area contributed by atoms with Gasteiger partial charge in [-0.3, -0.25) is 14.5 Å². The molecule has 37 heavy (non-hydrogen) atoms. The lowest BCUT2D eigenvalue weighted by molar-refractivity contribution is -0.164. The average molecular weight is 543 g/mol. The molecule has 2 heterocycles. The Kier molecular flexibility index (Phi) is 11.0. The third-order valence-corrected chi connectivity index (χ3v) is 7.91. The van der Waals surface area contributed by atoms with Crippen LogP contribution in [0.25, 0.3) is 0 Å². The van der Waals surface area contributed by atoms with Gasteiger partial charge in [0.2, 0.25) is 5.82 Å². The van der Waals surface area contributed by atoms with E-state index in [0.29, 0.717) is 50.8 Å². The first-order chi connectivity index (χ1) is 17.2. The van der Waals surface area contributed by atoms with Crippen molar-refractivity contribution >= 4 is 29.1 Å². The van der Waals surface area contributed by atoms with E-state index in [1.165, 1.54) is 6.92 Å². The van der Waals surface area contributed by atoms with Crippen LogP contribution < -0.4 is 9.64 Å². The van der Waals surface area contributed by atoms with Gasteiger partial charge in [-0.25, -0.2) is 0 Å². The van der Waals surface area contributed by atoms with Gasteiger partial charge in [0.15, 0.2) is 11.6 Å². The van der Waals surface area contributed by atoms with Gasteiger partial charge in [0.25, 0.3) is 5.88 Å². The van der Waals surface area contributed by atoms with Crippen molar-refractivity contribution < 1.29 is 28.9 Å². The van der Waals surface area contributed by atoms with E-state index in [9.17, 15) is 14.7 Å². The number of β-amino-alcohol motifs (C(OH)–C–C–N with tert-alkyl or cyclic N) is 1.